The summed E-state index contributed by atoms with van der Waals surface area (Å²) < 4.78 is 2.09. The first kappa shape index (κ1) is 14.6. The first-order chi connectivity index (χ1) is 9.54. The standard InChI is InChI=1S/C16H22N2O2/c1-12(11-19)18(3)16(20)9-8-13-10-17(2)15-7-5-4-6-14(13)15/h4-7,10,12,19H,8-9,11H2,1-3H3/t12-/m0/s1. The third-order valence-electron chi connectivity index (χ3n) is 3.91. The predicted molar refractivity (Wildman–Crippen MR) is 80.6 cm³/mol. The zero-order chi connectivity index (χ0) is 14.7. The van der Waals surface area contributed by atoms with Crippen LogP contribution in [0.25, 0.3) is 10.9 Å². The summed E-state index contributed by atoms with van der Waals surface area (Å²) in [5.74, 6) is 0.0690. The van der Waals surface area contributed by atoms with Crippen LogP contribution in [0.1, 0.15) is 18.9 Å². The Morgan fingerprint density at radius 2 is 2.10 bits per heavy atom. The molecule has 0 aliphatic heterocycles. The maximum atomic E-state index is 12.1. The van der Waals surface area contributed by atoms with E-state index < -0.39 is 0 Å². The molecule has 1 aromatic heterocycles. The molecule has 0 saturated carbocycles. The number of aryl methyl sites for hydroxylation is 2. The third kappa shape index (κ3) is 2.85. The minimum absolute atomic E-state index is 0.00346. The average molecular weight is 274 g/mol. The Kier molecular flexibility index (Phi) is 4.45. The van der Waals surface area contributed by atoms with Gasteiger partial charge in [0.15, 0.2) is 0 Å². The van der Waals surface area contributed by atoms with Crippen molar-refractivity contribution in [3.8, 4) is 0 Å². The molecule has 1 aromatic carbocycles. The number of rotatable bonds is 5. The van der Waals surface area contributed by atoms with Gasteiger partial charge in [-0.25, -0.2) is 0 Å². The molecule has 1 atom stereocenters. The number of fused-ring (bicyclic) bond motifs is 1. The average Bonchev–Trinajstić information content (AvgIpc) is 2.80. The highest BCUT2D eigenvalue weighted by Gasteiger charge is 2.15. The first-order valence-electron chi connectivity index (χ1n) is 6.94. The van der Waals surface area contributed by atoms with Gasteiger partial charge in [0.05, 0.1) is 12.6 Å². The monoisotopic (exact) mass is 274 g/mol. The van der Waals surface area contributed by atoms with Crippen LogP contribution in [0.2, 0.25) is 0 Å². The summed E-state index contributed by atoms with van der Waals surface area (Å²) in [5.41, 5.74) is 2.38. The fourth-order valence-electron chi connectivity index (χ4n) is 2.41. The van der Waals surface area contributed by atoms with Crippen LogP contribution in [0.4, 0.5) is 0 Å². The number of amides is 1. The lowest BCUT2D eigenvalue weighted by Crippen LogP contribution is -2.37. The van der Waals surface area contributed by atoms with Gasteiger partial charge < -0.3 is 14.6 Å². The van der Waals surface area contributed by atoms with Crippen LogP contribution < -0.4 is 0 Å². The fraction of sp³-hybridized carbons (Fsp3) is 0.438. The lowest BCUT2D eigenvalue weighted by atomic mass is 10.1. The first-order valence-corrected chi connectivity index (χ1v) is 6.94. The fourth-order valence-corrected chi connectivity index (χ4v) is 2.41. The second kappa shape index (κ2) is 6.09. The number of para-hydroxylation sites is 1. The minimum atomic E-state index is -0.130. The molecule has 0 saturated heterocycles. The predicted octanol–water partition coefficient (Wildman–Crippen LogP) is 1.95. The van der Waals surface area contributed by atoms with Crippen LogP contribution >= 0.6 is 0 Å². The van der Waals surface area contributed by atoms with Crippen LogP contribution in [0.5, 0.6) is 0 Å². The lowest BCUT2D eigenvalue weighted by Gasteiger charge is -2.23. The molecule has 2 rings (SSSR count). The maximum absolute atomic E-state index is 12.1. The van der Waals surface area contributed by atoms with Gasteiger partial charge in [0, 0.05) is 37.6 Å². The molecule has 0 bridgehead atoms. The van der Waals surface area contributed by atoms with Crippen LogP contribution in [0.15, 0.2) is 30.5 Å². The molecule has 0 spiro atoms. The molecule has 4 nitrogen and oxygen atoms in total. The number of nitrogens with zero attached hydrogens (tertiary/aromatic N) is 2. The highest BCUT2D eigenvalue weighted by Crippen LogP contribution is 2.21. The number of hydrogen-bond donors (Lipinski definition) is 1. The summed E-state index contributed by atoms with van der Waals surface area (Å²) in [4.78, 5) is 13.7. The minimum Gasteiger partial charge on any atom is -0.394 e. The van der Waals surface area contributed by atoms with Gasteiger partial charge in [-0.1, -0.05) is 18.2 Å². The van der Waals surface area contributed by atoms with E-state index in [9.17, 15) is 4.79 Å². The van der Waals surface area contributed by atoms with Crippen molar-refractivity contribution in [2.75, 3.05) is 13.7 Å². The van der Waals surface area contributed by atoms with Crippen LogP contribution in [0.3, 0.4) is 0 Å². The molecule has 0 unspecified atom stereocenters. The van der Waals surface area contributed by atoms with Gasteiger partial charge in [0.25, 0.3) is 0 Å². The van der Waals surface area contributed by atoms with Crippen molar-refractivity contribution < 1.29 is 9.90 Å². The van der Waals surface area contributed by atoms with Gasteiger partial charge in [0.2, 0.25) is 5.91 Å². The van der Waals surface area contributed by atoms with Crippen molar-refractivity contribution in [2.45, 2.75) is 25.8 Å². The Bertz CT molecular complexity index is 604. The SMILES string of the molecule is C[C@@H](CO)N(C)C(=O)CCc1cn(C)c2ccccc12. The molecule has 0 aliphatic rings. The summed E-state index contributed by atoms with van der Waals surface area (Å²) in [6.45, 7) is 1.84. The number of hydrogen-bond acceptors (Lipinski definition) is 2. The zero-order valence-corrected chi connectivity index (χ0v) is 12.3. The topological polar surface area (TPSA) is 45.5 Å². The van der Waals surface area contributed by atoms with Gasteiger partial charge in [-0.2, -0.15) is 0 Å². The summed E-state index contributed by atoms with van der Waals surface area (Å²) >= 11 is 0. The van der Waals surface area contributed by atoms with Crippen molar-refractivity contribution in [1.29, 1.82) is 0 Å². The quantitative estimate of drug-likeness (QED) is 0.906. The molecule has 1 N–H and O–H groups in total. The summed E-state index contributed by atoms with van der Waals surface area (Å²) in [7, 11) is 3.76. The molecular weight excluding hydrogens is 252 g/mol. The van der Waals surface area contributed by atoms with Crippen LogP contribution in [-0.4, -0.2) is 40.2 Å². The highest BCUT2D eigenvalue weighted by molar-refractivity contribution is 5.85. The number of aliphatic hydroxyl groups excluding tert-OH is 1. The Labute approximate surface area is 119 Å². The van der Waals surface area contributed by atoms with Crippen molar-refractivity contribution in [3.05, 3.63) is 36.0 Å². The number of aromatic nitrogens is 1. The van der Waals surface area contributed by atoms with Crippen LogP contribution in [-0.2, 0) is 18.3 Å². The lowest BCUT2D eigenvalue weighted by molar-refractivity contribution is -0.132. The van der Waals surface area contributed by atoms with Crippen molar-refractivity contribution >= 4 is 16.8 Å². The molecular formula is C16H22N2O2. The second-order valence-electron chi connectivity index (χ2n) is 5.32. The zero-order valence-electron chi connectivity index (χ0n) is 12.3. The number of aliphatic hydroxyl groups is 1. The Morgan fingerprint density at radius 1 is 1.40 bits per heavy atom. The summed E-state index contributed by atoms with van der Waals surface area (Å²) in [5, 5.41) is 10.3. The van der Waals surface area contributed by atoms with Gasteiger partial charge in [-0.15, -0.1) is 0 Å². The summed E-state index contributed by atoms with van der Waals surface area (Å²) in [6, 6.07) is 8.09. The molecule has 108 valence electrons. The number of carbonyl (C=O) groups is 1. The van der Waals surface area contributed by atoms with E-state index in [-0.39, 0.29) is 18.6 Å². The molecule has 0 radical (unpaired) electrons. The van der Waals surface area contributed by atoms with Gasteiger partial charge in [0.1, 0.15) is 0 Å². The Morgan fingerprint density at radius 3 is 2.80 bits per heavy atom. The van der Waals surface area contributed by atoms with E-state index >= 15 is 0 Å². The molecule has 0 fully saturated rings. The van der Waals surface area contributed by atoms with E-state index in [2.05, 4.69) is 22.9 Å². The number of benzene rings is 1. The number of likely N-dealkylation sites (N-methyl/N-ethyl adjacent to an activating group) is 1. The number of carbonyl (C=O) groups excluding carboxylic acids is 1. The summed E-state index contributed by atoms with van der Waals surface area (Å²) in [6.07, 6.45) is 3.28. The van der Waals surface area contributed by atoms with Crippen molar-refractivity contribution in [2.24, 2.45) is 7.05 Å². The normalized spacial score (nSPS) is 12.6. The van der Waals surface area contributed by atoms with E-state index in [0.717, 1.165) is 6.42 Å². The second-order valence-corrected chi connectivity index (χ2v) is 5.32. The molecule has 4 heteroatoms. The van der Waals surface area contributed by atoms with E-state index in [1.54, 1.807) is 11.9 Å². The Hall–Kier alpha value is -1.81. The molecule has 1 amide bonds. The molecule has 20 heavy (non-hydrogen) atoms. The molecule has 0 aliphatic carbocycles. The van der Waals surface area contributed by atoms with E-state index in [0.29, 0.717) is 6.42 Å². The van der Waals surface area contributed by atoms with E-state index in [1.165, 1.54) is 16.5 Å². The smallest absolute Gasteiger partial charge is 0.222 e. The van der Waals surface area contributed by atoms with Gasteiger partial charge >= 0.3 is 0 Å². The van der Waals surface area contributed by atoms with Gasteiger partial charge in [-0.3, -0.25) is 4.79 Å². The third-order valence-corrected chi connectivity index (χ3v) is 3.91. The highest BCUT2D eigenvalue weighted by atomic mass is 16.3. The van der Waals surface area contributed by atoms with E-state index in [1.807, 2.05) is 26.1 Å². The molecule has 2 aromatic rings. The van der Waals surface area contributed by atoms with Crippen molar-refractivity contribution in [3.63, 3.8) is 0 Å². The molecule has 1 heterocycles. The maximum Gasteiger partial charge on any atom is 0.222 e. The largest absolute Gasteiger partial charge is 0.394 e. The van der Waals surface area contributed by atoms with Crippen molar-refractivity contribution in [1.82, 2.24) is 9.47 Å². The van der Waals surface area contributed by atoms with E-state index in [4.69, 9.17) is 5.11 Å². The van der Waals surface area contributed by atoms with Crippen LogP contribution in [0, 0.1) is 0 Å². The van der Waals surface area contributed by atoms with Gasteiger partial charge in [-0.05, 0) is 25.0 Å². The Balaban J connectivity index is 2.08.